The van der Waals surface area contributed by atoms with E-state index in [1.165, 1.54) is 6.08 Å². The van der Waals surface area contributed by atoms with Crippen LogP contribution in [0, 0.1) is 28.6 Å². The smallest absolute Gasteiger partial charge is 0.331 e. The van der Waals surface area contributed by atoms with E-state index < -0.39 is 101 Å². The SMILES string of the molecule is Cc1ccccc1[C@@H](N[C@@H]1O[C@H](COC(=O)C(C)(C)C)[C@H](OC(=O)C(C)(C)C)[C@H](OC(=O)C(C)(C)C)[C@H]1OC(=O)C(C)(C)C)[C@@H]1C=CC(=O)O1. The van der Waals surface area contributed by atoms with Crippen LogP contribution in [0.4, 0.5) is 0 Å². The van der Waals surface area contributed by atoms with Crippen molar-refractivity contribution in [2.45, 2.75) is 133 Å². The van der Waals surface area contributed by atoms with Gasteiger partial charge in [-0.25, -0.2) is 4.79 Å². The zero-order valence-electron chi connectivity index (χ0n) is 31.7. The normalized spacial score (nSPS) is 24.9. The molecule has 0 saturated carbocycles. The lowest BCUT2D eigenvalue weighted by atomic mass is 9.91. The Labute approximate surface area is 295 Å². The van der Waals surface area contributed by atoms with Crippen molar-refractivity contribution in [3.63, 3.8) is 0 Å². The molecule has 12 heteroatoms. The highest BCUT2D eigenvalue weighted by Gasteiger charge is 2.55. The predicted octanol–water partition coefficient (Wildman–Crippen LogP) is 5.30. The van der Waals surface area contributed by atoms with Gasteiger partial charge >= 0.3 is 29.8 Å². The monoisotopic (exact) mass is 701 g/mol. The second kappa shape index (κ2) is 15.2. The second-order valence-corrected chi connectivity index (χ2v) is 17.1. The van der Waals surface area contributed by atoms with E-state index in [4.69, 9.17) is 28.4 Å². The Morgan fingerprint density at radius 1 is 0.720 bits per heavy atom. The number of carbonyl (C=O) groups is 5. The molecule has 0 radical (unpaired) electrons. The summed E-state index contributed by atoms with van der Waals surface area (Å²) in [5.41, 5.74) is -2.27. The van der Waals surface area contributed by atoms with Crippen LogP contribution in [0.25, 0.3) is 0 Å². The van der Waals surface area contributed by atoms with Gasteiger partial charge in [0.1, 0.15) is 18.8 Å². The van der Waals surface area contributed by atoms with E-state index in [-0.39, 0.29) is 0 Å². The van der Waals surface area contributed by atoms with Gasteiger partial charge in [0, 0.05) is 6.08 Å². The zero-order chi connectivity index (χ0) is 38.0. The minimum Gasteiger partial charge on any atom is -0.462 e. The van der Waals surface area contributed by atoms with Crippen molar-refractivity contribution in [2.24, 2.45) is 21.7 Å². The summed E-state index contributed by atoms with van der Waals surface area (Å²) < 4.78 is 36.2. The Morgan fingerprint density at radius 2 is 1.20 bits per heavy atom. The average molecular weight is 702 g/mol. The van der Waals surface area contributed by atoms with Crippen LogP contribution < -0.4 is 5.32 Å². The number of cyclic esters (lactones) is 1. The highest BCUT2D eigenvalue weighted by Crippen LogP contribution is 2.36. The number of rotatable bonds is 9. The first kappa shape index (κ1) is 40.7. The van der Waals surface area contributed by atoms with Crippen LogP contribution in [0.2, 0.25) is 0 Å². The van der Waals surface area contributed by atoms with Gasteiger partial charge in [0.15, 0.2) is 24.5 Å². The first-order valence-electron chi connectivity index (χ1n) is 17.0. The molecule has 2 aliphatic rings. The first-order valence-corrected chi connectivity index (χ1v) is 17.0. The second-order valence-electron chi connectivity index (χ2n) is 17.1. The molecule has 1 saturated heterocycles. The van der Waals surface area contributed by atoms with Crippen LogP contribution in [-0.4, -0.2) is 73.2 Å². The summed E-state index contributed by atoms with van der Waals surface area (Å²) in [5.74, 6) is -3.04. The van der Waals surface area contributed by atoms with Gasteiger partial charge in [-0.15, -0.1) is 0 Å². The molecule has 12 nitrogen and oxygen atoms in total. The van der Waals surface area contributed by atoms with Gasteiger partial charge < -0.3 is 28.4 Å². The highest BCUT2D eigenvalue weighted by atomic mass is 16.7. The van der Waals surface area contributed by atoms with Gasteiger partial charge in [-0.2, -0.15) is 0 Å². The maximum absolute atomic E-state index is 13.6. The molecule has 2 heterocycles. The summed E-state index contributed by atoms with van der Waals surface area (Å²) in [6.45, 7) is 21.6. The summed E-state index contributed by atoms with van der Waals surface area (Å²) in [6, 6.07) is 6.71. The van der Waals surface area contributed by atoms with Gasteiger partial charge in [-0.1, -0.05) is 24.3 Å². The molecular formula is C38H55NO11. The van der Waals surface area contributed by atoms with Crippen LogP contribution in [0.3, 0.4) is 0 Å². The third-order valence-electron chi connectivity index (χ3n) is 8.06. The standard InChI is InChI=1S/C38H55NO11/c1-21-16-14-15-17-22(21)26(23-18-19-25(40)46-23)39-30-29(50-34(44)38(11,12)13)28(49-33(43)37(8,9)10)27(48-32(42)36(5,6)7)24(47-30)20-45-31(41)35(2,3)4/h14-19,23-24,26-30,39H,20H2,1-13H3/t23-,24+,26+,27-,28-,29+,30+/m0/s1. The largest absolute Gasteiger partial charge is 0.462 e. The van der Waals surface area contributed by atoms with Crippen molar-refractivity contribution >= 4 is 29.8 Å². The summed E-state index contributed by atoms with van der Waals surface area (Å²) in [5, 5.41) is 3.38. The maximum atomic E-state index is 13.6. The van der Waals surface area contributed by atoms with Gasteiger partial charge in [-0.05, 0) is 107 Å². The fraction of sp³-hybridized carbons (Fsp3) is 0.658. The van der Waals surface area contributed by atoms with Crippen molar-refractivity contribution < 1.29 is 52.4 Å². The summed E-state index contributed by atoms with van der Waals surface area (Å²) >= 11 is 0. The molecule has 7 atom stereocenters. The lowest BCUT2D eigenvalue weighted by Gasteiger charge is -2.47. The molecule has 1 aromatic carbocycles. The fourth-order valence-corrected chi connectivity index (χ4v) is 4.90. The lowest BCUT2D eigenvalue weighted by Crippen LogP contribution is -2.67. The summed E-state index contributed by atoms with van der Waals surface area (Å²) in [6.07, 6.45) is -4.53. The van der Waals surface area contributed by atoms with Crippen molar-refractivity contribution in [3.8, 4) is 0 Å². The number of esters is 5. The van der Waals surface area contributed by atoms with E-state index in [0.29, 0.717) is 0 Å². The number of carbonyl (C=O) groups excluding carboxylic acids is 5. The molecule has 0 spiro atoms. The topological polar surface area (TPSA) is 153 Å². The van der Waals surface area contributed by atoms with Gasteiger partial charge in [0.25, 0.3) is 0 Å². The molecule has 2 aliphatic heterocycles. The molecule has 1 aromatic rings. The Bertz CT molecular complexity index is 1450. The van der Waals surface area contributed by atoms with Crippen LogP contribution in [0.1, 0.15) is 100 Å². The van der Waals surface area contributed by atoms with Crippen LogP contribution >= 0.6 is 0 Å². The Balaban J connectivity index is 2.24. The highest BCUT2D eigenvalue weighted by molar-refractivity contribution is 5.84. The van der Waals surface area contributed by atoms with Crippen molar-refractivity contribution in [2.75, 3.05) is 6.61 Å². The van der Waals surface area contributed by atoms with E-state index in [1.807, 2.05) is 31.2 Å². The summed E-state index contributed by atoms with van der Waals surface area (Å²) in [4.78, 5) is 65.9. The first-order chi connectivity index (χ1) is 22.8. The number of benzene rings is 1. The van der Waals surface area contributed by atoms with E-state index >= 15 is 0 Å². The van der Waals surface area contributed by atoms with Crippen LogP contribution in [0.5, 0.6) is 0 Å². The lowest BCUT2D eigenvalue weighted by molar-refractivity contribution is -0.266. The molecule has 3 rings (SSSR count). The number of aryl methyl sites for hydroxylation is 1. The molecule has 1 N–H and O–H groups in total. The van der Waals surface area contributed by atoms with Gasteiger partial charge in [-0.3, -0.25) is 24.5 Å². The molecule has 278 valence electrons. The van der Waals surface area contributed by atoms with E-state index in [2.05, 4.69) is 5.32 Å². The molecule has 1 fully saturated rings. The average Bonchev–Trinajstić information content (AvgIpc) is 3.41. The van der Waals surface area contributed by atoms with Crippen molar-refractivity contribution in [1.29, 1.82) is 0 Å². The molecule has 0 bridgehead atoms. The van der Waals surface area contributed by atoms with E-state index in [1.54, 1.807) is 89.2 Å². The van der Waals surface area contributed by atoms with Gasteiger partial charge in [0.05, 0.1) is 27.7 Å². The number of ether oxygens (including phenoxy) is 6. The minimum absolute atomic E-state index is 0.396. The number of nitrogens with one attached hydrogen (secondary N) is 1. The molecule has 0 aromatic heterocycles. The third kappa shape index (κ3) is 10.4. The summed E-state index contributed by atoms with van der Waals surface area (Å²) in [7, 11) is 0. The van der Waals surface area contributed by atoms with Crippen molar-refractivity contribution in [3.05, 3.63) is 47.5 Å². The fourth-order valence-electron chi connectivity index (χ4n) is 4.90. The van der Waals surface area contributed by atoms with E-state index in [9.17, 15) is 24.0 Å². The quantitative estimate of drug-likeness (QED) is 0.263. The Morgan fingerprint density at radius 3 is 1.66 bits per heavy atom. The molecule has 50 heavy (non-hydrogen) atoms. The Hall–Kier alpha value is -3.77. The van der Waals surface area contributed by atoms with Gasteiger partial charge in [0.2, 0.25) is 0 Å². The predicted molar refractivity (Wildman–Crippen MR) is 183 cm³/mol. The van der Waals surface area contributed by atoms with Crippen LogP contribution in [0.15, 0.2) is 36.4 Å². The molecule has 0 unspecified atom stereocenters. The molecule has 0 amide bonds. The third-order valence-corrected chi connectivity index (χ3v) is 8.06. The number of hydrogen-bond acceptors (Lipinski definition) is 12. The minimum atomic E-state index is -1.43. The van der Waals surface area contributed by atoms with Crippen molar-refractivity contribution in [1.82, 2.24) is 5.32 Å². The number of hydrogen-bond donors (Lipinski definition) is 1. The Kier molecular flexibility index (Phi) is 12.4. The zero-order valence-corrected chi connectivity index (χ0v) is 31.7. The maximum Gasteiger partial charge on any atom is 0.331 e. The van der Waals surface area contributed by atoms with Crippen LogP contribution in [-0.2, 0) is 52.4 Å². The van der Waals surface area contributed by atoms with E-state index in [0.717, 1.165) is 11.1 Å². The molecular weight excluding hydrogens is 646 g/mol. The molecule has 0 aliphatic carbocycles.